The van der Waals surface area contributed by atoms with Crippen LogP contribution in [0.15, 0.2) is 38.6 Å². The quantitative estimate of drug-likeness (QED) is 0.741. The third-order valence-corrected chi connectivity index (χ3v) is 6.01. The van der Waals surface area contributed by atoms with Crippen molar-refractivity contribution in [2.75, 3.05) is 11.9 Å². The van der Waals surface area contributed by atoms with Gasteiger partial charge in [0.05, 0.1) is 9.83 Å². The van der Waals surface area contributed by atoms with E-state index in [9.17, 15) is 0 Å². The summed E-state index contributed by atoms with van der Waals surface area (Å²) in [6.07, 6.45) is 0. The minimum Gasteiger partial charge on any atom is -0.376 e. The van der Waals surface area contributed by atoms with Crippen molar-refractivity contribution >= 4 is 60.5 Å². The number of nitrogens with one attached hydrogen (secondary N) is 1. The number of anilines is 1. The number of rotatable bonds is 4. The van der Waals surface area contributed by atoms with Crippen molar-refractivity contribution in [3.05, 3.63) is 48.5 Å². The first kappa shape index (κ1) is 14.3. The second kappa shape index (κ2) is 6.39. The highest BCUT2D eigenvalue weighted by molar-refractivity contribution is 9.13. The average molecular weight is 411 g/mol. The van der Waals surface area contributed by atoms with E-state index in [1.54, 1.807) is 11.3 Å². The Morgan fingerprint density at radius 1 is 1.33 bits per heavy atom. The maximum absolute atomic E-state index is 5.96. The molecule has 0 fully saturated rings. The molecule has 2 rings (SSSR count). The van der Waals surface area contributed by atoms with E-state index in [0.29, 0.717) is 11.6 Å². The molecular weight excluding hydrogens is 399 g/mol. The lowest BCUT2D eigenvalue weighted by atomic mass is 10.2. The standard InChI is InChI=1S/C12H11Br2ClN2S/c13-9-5-11(18-12(9)14)10(6-16)17-8-3-1-2-7(15)4-8/h1-5,10,17H,6,16H2. The van der Waals surface area contributed by atoms with Crippen LogP contribution in [-0.4, -0.2) is 6.54 Å². The molecule has 0 bridgehead atoms. The Hall–Kier alpha value is -0.0700. The van der Waals surface area contributed by atoms with E-state index in [1.165, 1.54) is 4.88 Å². The molecule has 1 heterocycles. The Morgan fingerprint density at radius 2 is 2.11 bits per heavy atom. The van der Waals surface area contributed by atoms with Gasteiger partial charge in [0.25, 0.3) is 0 Å². The fourth-order valence-electron chi connectivity index (χ4n) is 1.56. The third-order valence-electron chi connectivity index (χ3n) is 2.41. The van der Waals surface area contributed by atoms with Gasteiger partial charge in [0, 0.05) is 26.6 Å². The normalized spacial score (nSPS) is 12.4. The molecule has 1 aromatic heterocycles. The lowest BCUT2D eigenvalue weighted by Gasteiger charge is -2.16. The Labute approximate surface area is 132 Å². The minimum atomic E-state index is 0.0797. The van der Waals surface area contributed by atoms with Crippen LogP contribution >= 0.6 is 54.8 Å². The first-order valence-electron chi connectivity index (χ1n) is 5.27. The maximum Gasteiger partial charge on any atom is 0.0844 e. The molecule has 6 heteroatoms. The number of hydrogen-bond donors (Lipinski definition) is 2. The summed E-state index contributed by atoms with van der Waals surface area (Å²) in [5.41, 5.74) is 6.80. The lowest BCUT2D eigenvalue weighted by molar-refractivity contribution is 0.805. The van der Waals surface area contributed by atoms with Crippen LogP contribution in [0.25, 0.3) is 0 Å². The molecule has 0 radical (unpaired) electrons. The molecule has 2 aromatic rings. The molecule has 3 N–H and O–H groups in total. The fourth-order valence-corrected chi connectivity index (χ4v) is 3.90. The minimum absolute atomic E-state index is 0.0797. The predicted molar refractivity (Wildman–Crippen MR) is 86.6 cm³/mol. The topological polar surface area (TPSA) is 38.0 Å². The number of benzene rings is 1. The van der Waals surface area contributed by atoms with Gasteiger partial charge in [-0.05, 0) is 56.1 Å². The van der Waals surface area contributed by atoms with Gasteiger partial charge in [0.2, 0.25) is 0 Å². The zero-order valence-corrected chi connectivity index (χ0v) is 14.0. The van der Waals surface area contributed by atoms with Crippen LogP contribution in [0.5, 0.6) is 0 Å². The number of hydrogen-bond acceptors (Lipinski definition) is 3. The summed E-state index contributed by atoms with van der Waals surface area (Å²) in [5.74, 6) is 0. The molecule has 1 unspecified atom stereocenters. The van der Waals surface area contributed by atoms with Crippen molar-refractivity contribution in [3.63, 3.8) is 0 Å². The van der Waals surface area contributed by atoms with E-state index in [1.807, 2.05) is 24.3 Å². The van der Waals surface area contributed by atoms with E-state index in [-0.39, 0.29) is 6.04 Å². The highest BCUT2D eigenvalue weighted by Crippen LogP contribution is 2.36. The molecule has 0 aliphatic heterocycles. The summed E-state index contributed by atoms with van der Waals surface area (Å²) in [5, 5.41) is 4.10. The summed E-state index contributed by atoms with van der Waals surface area (Å²) in [6.45, 7) is 0.520. The smallest absolute Gasteiger partial charge is 0.0844 e. The number of halogens is 3. The predicted octanol–water partition coefficient (Wildman–Crippen LogP) is 5.04. The summed E-state index contributed by atoms with van der Waals surface area (Å²) in [6, 6.07) is 9.79. The summed E-state index contributed by atoms with van der Waals surface area (Å²) in [4.78, 5) is 1.18. The van der Waals surface area contributed by atoms with Gasteiger partial charge in [-0.15, -0.1) is 11.3 Å². The molecular formula is C12H11Br2ClN2S. The van der Waals surface area contributed by atoms with Gasteiger partial charge in [-0.2, -0.15) is 0 Å². The first-order chi connectivity index (χ1) is 8.60. The number of nitrogens with two attached hydrogens (primary N) is 1. The van der Waals surface area contributed by atoms with Gasteiger partial charge in [0.1, 0.15) is 0 Å². The van der Waals surface area contributed by atoms with Gasteiger partial charge < -0.3 is 11.1 Å². The van der Waals surface area contributed by atoms with Crippen LogP contribution in [0.3, 0.4) is 0 Å². The Balaban J connectivity index is 2.19. The summed E-state index contributed by atoms with van der Waals surface area (Å²) < 4.78 is 2.12. The van der Waals surface area contributed by atoms with Gasteiger partial charge in [-0.3, -0.25) is 0 Å². The molecule has 1 aromatic carbocycles. The van der Waals surface area contributed by atoms with Crippen molar-refractivity contribution in [1.82, 2.24) is 0 Å². The molecule has 0 saturated heterocycles. The lowest BCUT2D eigenvalue weighted by Crippen LogP contribution is -2.19. The van der Waals surface area contributed by atoms with E-state index in [4.69, 9.17) is 17.3 Å². The zero-order chi connectivity index (χ0) is 13.1. The van der Waals surface area contributed by atoms with E-state index in [2.05, 4.69) is 43.2 Å². The van der Waals surface area contributed by atoms with Gasteiger partial charge in [-0.1, -0.05) is 17.7 Å². The van der Waals surface area contributed by atoms with Crippen molar-refractivity contribution in [2.24, 2.45) is 5.73 Å². The molecule has 0 amide bonds. The summed E-state index contributed by atoms with van der Waals surface area (Å²) >= 11 is 14.6. The van der Waals surface area contributed by atoms with Gasteiger partial charge >= 0.3 is 0 Å². The van der Waals surface area contributed by atoms with Crippen LogP contribution in [0.1, 0.15) is 10.9 Å². The molecule has 18 heavy (non-hydrogen) atoms. The van der Waals surface area contributed by atoms with Crippen molar-refractivity contribution in [3.8, 4) is 0 Å². The fraction of sp³-hybridized carbons (Fsp3) is 0.167. The van der Waals surface area contributed by atoms with E-state index in [0.717, 1.165) is 13.9 Å². The van der Waals surface area contributed by atoms with Gasteiger partial charge in [-0.25, -0.2) is 0 Å². The summed E-state index contributed by atoms with van der Waals surface area (Å²) in [7, 11) is 0. The van der Waals surface area contributed by atoms with Crippen molar-refractivity contribution in [2.45, 2.75) is 6.04 Å². The molecule has 0 aliphatic rings. The monoisotopic (exact) mass is 408 g/mol. The van der Waals surface area contributed by atoms with Crippen molar-refractivity contribution < 1.29 is 0 Å². The van der Waals surface area contributed by atoms with Crippen molar-refractivity contribution in [1.29, 1.82) is 0 Å². The molecule has 96 valence electrons. The highest BCUT2D eigenvalue weighted by Gasteiger charge is 2.14. The third kappa shape index (κ3) is 3.48. The Morgan fingerprint density at radius 3 is 2.67 bits per heavy atom. The second-order valence-corrected chi connectivity index (χ2v) is 7.41. The molecule has 1 atom stereocenters. The average Bonchev–Trinajstić information content (AvgIpc) is 2.66. The van der Waals surface area contributed by atoms with Crippen LogP contribution in [0, 0.1) is 0 Å². The van der Waals surface area contributed by atoms with E-state index >= 15 is 0 Å². The molecule has 0 spiro atoms. The van der Waals surface area contributed by atoms with Crippen LogP contribution in [-0.2, 0) is 0 Å². The largest absolute Gasteiger partial charge is 0.376 e. The van der Waals surface area contributed by atoms with Crippen LogP contribution < -0.4 is 11.1 Å². The highest BCUT2D eigenvalue weighted by atomic mass is 79.9. The Bertz CT molecular complexity index is 525. The number of thiophene rings is 1. The molecule has 2 nitrogen and oxygen atoms in total. The molecule has 0 aliphatic carbocycles. The maximum atomic E-state index is 5.96. The first-order valence-corrected chi connectivity index (χ1v) is 8.05. The SMILES string of the molecule is NCC(Nc1cccc(Cl)c1)c1cc(Br)c(Br)s1. The van der Waals surface area contributed by atoms with Gasteiger partial charge in [0.15, 0.2) is 0 Å². The zero-order valence-electron chi connectivity index (χ0n) is 9.29. The Kier molecular flexibility index (Phi) is 5.09. The second-order valence-electron chi connectivity index (χ2n) is 3.71. The van der Waals surface area contributed by atoms with Crippen LogP contribution in [0.4, 0.5) is 5.69 Å². The molecule has 0 saturated carbocycles. The van der Waals surface area contributed by atoms with E-state index < -0.39 is 0 Å². The van der Waals surface area contributed by atoms with Crippen LogP contribution in [0.2, 0.25) is 5.02 Å².